The molecule has 2 aromatic rings. The molecule has 0 unspecified atom stereocenters. The van der Waals surface area contributed by atoms with E-state index in [1.54, 1.807) is 24.3 Å². The van der Waals surface area contributed by atoms with Gasteiger partial charge in [0.15, 0.2) is 0 Å². The van der Waals surface area contributed by atoms with Crippen molar-refractivity contribution in [2.75, 3.05) is 5.43 Å². The SMILES string of the molecule is NC(=O)NNc1ccc(N=Nc2ccccc2)cc1. The number of urea groups is 1. The third-order valence-electron chi connectivity index (χ3n) is 2.23. The number of hydrogen-bond acceptors (Lipinski definition) is 4. The van der Waals surface area contributed by atoms with Gasteiger partial charge in [0.05, 0.1) is 17.1 Å². The van der Waals surface area contributed by atoms with E-state index in [0.717, 1.165) is 5.69 Å². The highest BCUT2D eigenvalue weighted by molar-refractivity contribution is 5.73. The van der Waals surface area contributed by atoms with E-state index in [2.05, 4.69) is 21.1 Å². The number of anilines is 1. The Hall–Kier alpha value is -2.89. The fraction of sp³-hybridized carbons (Fsp3) is 0. The van der Waals surface area contributed by atoms with Crippen LogP contribution in [-0.4, -0.2) is 6.03 Å². The first-order chi connectivity index (χ1) is 9.24. The van der Waals surface area contributed by atoms with Crippen molar-refractivity contribution in [3.8, 4) is 0 Å². The first kappa shape index (κ1) is 12.6. The molecule has 6 heteroatoms. The molecule has 0 radical (unpaired) electrons. The molecule has 0 atom stereocenters. The summed E-state index contributed by atoms with van der Waals surface area (Å²) < 4.78 is 0. The van der Waals surface area contributed by atoms with E-state index < -0.39 is 6.03 Å². The topological polar surface area (TPSA) is 91.9 Å². The highest BCUT2D eigenvalue weighted by Crippen LogP contribution is 2.19. The minimum Gasteiger partial charge on any atom is -0.350 e. The van der Waals surface area contributed by atoms with Gasteiger partial charge >= 0.3 is 6.03 Å². The maximum atomic E-state index is 10.5. The molecule has 19 heavy (non-hydrogen) atoms. The van der Waals surface area contributed by atoms with Crippen LogP contribution in [-0.2, 0) is 0 Å². The van der Waals surface area contributed by atoms with Gasteiger partial charge in [0.1, 0.15) is 0 Å². The van der Waals surface area contributed by atoms with Crippen molar-refractivity contribution in [2.45, 2.75) is 0 Å². The van der Waals surface area contributed by atoms with Crippen LogP contribution in [0, 0.1) is 0 Å². The van der Waals surface area contributed by atoms with Crippen LogP contribution in [0.5, 0.6) is 0 Å². The van der Waals surface area contributed by atoms with Crippen LogP contribution >= 0.6 is 0 Å². The van der Waals surface area contributed by atoms with Gasteiger partial charge in [0.25, 0.3) is 0 Å². The maximum Gasteiger partial charge on any atom is 0.330 e. The van der Waals surface area contributed by atoms with Crippen LogP contribution in [0.3, 0.4) is 0 Å². The number of carbonyl (C=O) groups excluding carboxylic acids is 1. The molecular weight excluding hydrogens is 242 g/mol. The quantitative estimate of drug-likeness (QED) is 0.578. The second kappa shape index (κ2) is 6.15. The summed E-state index contributed by atoms with van der Waals surface area (Å²) in [4.78, 5) is 10.5. The number of hydrogen-bond donors (Lipinski definition) is 3. The highest BCUT2D eigenvalue weighted by atomic mass is 16.2. The molecule has 0 heterocycles. The average molecular weight is 255 g/mol. The van der Waals surface area contributed by atoms with Gasteiger partial charge in [-0.1, -0.05) is 18.2 Å². The van der Waals surface area contributed by atoms with Crippen molar-refractivity contribution in [1.29, 1.82) is 0 Å². The smallest absolute Gasteiger partial charge is 0.330 e. The number of azo groups is 1. The standard InChI is InChI=1S/C13H13N5O/c14-13(19)18-17-12-8-6-11(7-9-12)16-15-10-4-2-1-3-5-10/h1-9,17H,(H3,14,18,19). The molecular formula is C13H13N5O. The summed E-state index contributed by atoms with van der Waals surface area (Å²) in [6.45, 7) is 0. The van der Waals surface area contributed by atoms with Gasteiger partial charge in [-0.05, 0) is 36.4 Å². The van der Waals surface area contributed by atoms with E-state index in [0.29, 0.717) is 11.4 Å². The zero-order valence-electron chi connectivity index (χ0n) is 10.1. The van der Waals surface area contributed by atoms with Crippen molar-refractivity contribution < 1.29 is 4.79 Å². The highest BCUT2D eigenvalue weighted by Gasteiger charge is 1.94. The Labute approximate surface area is 110 Å². The summed E-state index contributed by atoms with van der Waals surface area (Å²) in [5, 5.41) is 8.19. The molecule has 0 bridgehead atoms. The van der Waals surface area contributed by atoms with E-state index in [1.807, 2.05) is 30.3 Å². The van der Waals surface area contributed by atoms with E-state index in [9.17, 15) is 4.79 Å². The van der Waals surface area contributed by atoms with Crippen molar-refractivity contribution in [1.82, 2.24) is 5.43 Å². The fourth-order valence-electron chi connectivity index (χ4n) is 1.36. The predicted molar refractivity (Wildman–Crippen MR) is 73.4 cm³/mol. The molecule has 6 nitrogen and oxygen atoms in total. The summed E-state index contributed by atoms with van der Waals surface area (Å²) in [5.74, 6) is 0. The first-order valence-electron chi connectivity index (χ1n) is 5.62. The second-order valence-electron chi connectivity index (χ2n) is 3.70. The van der Waals surface area contributed by atoms with Gasteiger partial charge in [0.2, 0.25) is 0 Å². The van der Waals surface area contributed by atoms with Crippen LogP contribution in [0.4, 0.5) is 21.9 Å². The van der Waals surface area contributed by atoms with Gasteiger partial charge in [-0.2, -0.15) is 10.2 Å². The predicted octanol–water partition coefficient (Wildman–Crippen LogP) is 3.10. The Morgan fingerprint density at radius 2 is 1.47 bits per heavy atom. The average Bonchev–Trinajstić information content (AvgIpc) is 2.45. The third kappa shape index (κ3) is 4.12. The lowest BCUT2D eigenvalue weighted by Gasteiger charge is -2.05. The summed E-state index contributed by atoms with van der Waals surface area (Å²) in [7, 11) is 0. The van der Waals surface area contributed by atoms with Crippen molar-refractivity contribution in [2.24, 2.45) is 16.0 Å². The molecule has 0 fully saturated rings. The number of hydrazine groups is 1. The van der Waals surface area contributed by atoms with Gasteiger partial charge in [-0.25, -0.2) is 4.79 Å². The van der Waals surface area contributed by atoms with E-state index in [1.165, 1.54) is 0 Å². The van der Waals surface area contributed by atoms with Crippen LogP contribution in [0.15, 0.2) is 64.8 Å². The molecule has 2 rings (SSSR count). The fourth-order valence-corrected chi connectivity index (χ4v) is 1.36. The lowest BCUT2D eigenvalue weighted by Crippen LogP contribution is -2.34. The molecule has 0 aromatic heterocycles. The number of carbonyl (C=O) groups is 1. The minimum atomic E-state index is -0.646. The second-order valence-corrected chi connectivity index (χ2v) is 3.70. The summed E-state index contributed by atoms with van der Waals surface area (Å²) >= 11 is 0. The molecule has 2 aromatic carbocycles. The monoisotopic (exact) mass is 255 g/mol. The normalized spacial score (nSPS) is 10.3. The zero-order chi connectivity index (χ0) is 13.5. The van der Waals surface area contributed by atoms with Crippen LogP contribution in [0.25, 0.3) is 0 Å². The van der Waals surface area contributed by atoms with E-state index in [-0.39, 0.29) is 0 Å². The third-order valence-corrected chi connectivity index (χ3v) is 2.23. The Morgan fingerprint density at radius 3 is 2.05 bits per heavy atom. The number of amides is 2. The molecule has 0 saturated heterocycles. The van der Waals surface area contributed by atoms with Gasteiger partial charge < -0.3 is 5.73 Å². The van der Waals surface area contributed by atoms with Crippen molar-refractivity contribution in [3.05, 3.63) is 54.6 Å². The molecule has 0 spiro atoms. The van der Waals surface area contributed by atoms with Gasteiger partial charge in [-0.15, -0.1) is 0 Å². The summed E-state index contributed by atoms with van der Waals surface area (Å²) in [6.07, 6.45) is 0. The molecule has 0 aliphatic rings. The number of nitrogens with one attached hydrogen (secondary N) is 2. The minimum absolute atomic E-state index is 0.646. The Morgan fingerprint density at radius 1 is 0.895 bits per heavy atom. The lowest BCUT2D eigenvalue weighted by atomic mass is 10.3. The van der Waals surface area contributed by atoms with E-state index in [4.69, 9.17) is 5.73 Å². The first-order valence-corrected chi connectivity index (χ1v) is 5.62. The number of nitrogens with two attached hydrogens (primary N) is 1. The number of benzene rings is 2. The Balaban J connectivity index is 1.99. The molecule has 0 aliphatic heterocycles. The van der Waals surface area contributed by atoms with Crippen molar-refractivity contribution >= 4 is 23.1 Å². The van der Waals surface area contributed by atoms with Gasteiger partial charge in [-0.3, -0.25) is 10.9 Å². The van der Waals surface area contributed by atoms with Crippen LogP contribution in [0.2, 0.25) is 0 Å². The molecule has 2 amide bonds. The van der Waals surface area contributed by atoms with Gasteiger partial charge in [0, 0.05) is 0 Å². The van der Waals surface area contributed by atoms with E-state index >= 15 is 0 Å². The Kier molecular flexibility index (Phi) is 4.07. The van der Waals surface area contributed by atoms with Crippen LogP contribution < -0.4 is 16.6 Å². The molecule has 0 aliphatic carbocycles. The summed E-state index contributed by atoms with van der Waals surface area (Å²) in [6, 6.07) is 15.9. The Bertz CT molecular complexity index is 565. The lowest BCUT2D eigenvalue weighted by molar-refractivity contribution is 0.250. The largest absolute Gasteiger partial charge is 0.350 e. The molecule has 0 saturated carbocycles. The molecule has 4 N–H and O–H groups in total. The van der Waals surface area contributed by atoms with Crippen LogP contribution in [0.1, 0.15) is 0 Å². The number of rotatable bonds is 4. The maximum absolute atomic E-state index is 10.5. The number of nitrogens with zero attached hydrogens (tertiary/aromatic N) is 2. The zero-order valence-corrected chi connectivity index (χ0v) is 10.1. The summed E-state index contributed by atoms with van der Waals surface area (Å²) in [5.41, 5.74) is 12.1. The van der Waals surface area contributed by atoms with Crippen molar-refractivity contribution in [3.63, 3.8) is 0 Å². The molecule has 96 valence electrons. The number of primary amides is 1.